The van der Waals surface area contributed by atoms with Crippen LogP contribution >= 0.6 is 0 Å². The van der Waals surface area contributed by atoms with Crippen LogP contribution in [0.1, 0.15) is 19.8 Å². The number of ether oxygens (including phenoxy) is 1. The van der Waals surface area contributed by atoms with Gasteiger partial charge in [0.25, 0.3) is 0 Å². The molecule has 1 rings (SSSR count). The van der Waals surface area contributed by atoms with E-state index in [1.807, 2.05) is 37.3 Å². The number of nitrogens with zero attached hydrogens (tertiary/aromatic N) is 2. The molecule has 0 aromatic carbocycles. The molecule has 0 unspecified atom stereocenters. The van der Waals surface area contributed by atoms with Gasteiger partial charge in [0.05, 0.1) is 20.2 Å². The van der Waals surface area contributed by atoms with Crippen LogP contribution in [-0.4, -0.2) is 17.1 Å². The normalized spacial score (nSPS) is 9.47. The third-order valence-electron chi connectivity index (χ3n) is 1.93. The Balaban J connectivity index is 0.00000196. The summed E-state index contributed by atoms with van der Waals surface area (Å²) >= 11 is 0. The van der Waals surface area contributed by atoms with Crippen molar-refractivity contribution in [3.05, 3.63) is 18.7 Å². The highest BCUT2D eigenvalue weighted by Gasteiger charge is 2.04. The van der Waals surface area contributed by atoms with E-state index in [0.717, 1.165) is 13.0 Å². The molecule has 0 aliphatic heterocycles. The predicted molar refractivity (Wildman–Crippen MR) is 51.5 cm³/mol. The molecule has 0 spiro atoms. The molecule has 0 saturated heterocycles. The maximum atomic E-state index is 11.0. The first-order chi connectivity index (χ1) is 6.72. The van der Waals surface area contributed by atoms with Crippen LogP contribution in [0.4, 0.5) is 0 Å². The Labute approximate surface area is 101 Å². The first-order valence-electron chi connectivity index (χ1n) is 4.89. The minimum absolute atomic E-state index is 0. The molecule has 0 aliphatic rings. The van der Waals surface area contributed by atoms with E-state index < -0.39 is 0 Å². The zero-order valence-electron chi connectivity index (χ0n) is 9.15. The van der Waals surface area contributed by atoms with Crippen LogP contribution in [0.3, 0.4) is 0 Å². The molecule has 1 aromatic heterocycles. The zero-order chi connectivity index (χ0) is 10.4. The van der Waals surface area contributed by atoms with E-state index in [-0.39, 0.29) is 23.0 Å². The molecule has 0 aliphatic carbocycles. The van der Waals surface area contributed by atoms with Crippen molar-refractivity contribution in [2.45, 2.75) is 26.3 Å². The molecule has 0 amide bonds. The molecule has 0 fully saturated rings. The molecular weight excluding hydrogens is 260 g/mol. The number of imidazole rings is 1. The van der Waals surface area contributed by atoms with Crippen molar-refractivity contribution in [2.75, 3.05) is 6.61 Å². The second-order valence-corrected chi connectivity index (χ2v) is 3.23. The molecule has 1 heterocycles. The Bertz CT molecular complexity index is 299. The maximum Gasteiger partial charge on any atom is 0.305 e. The molecule has 15 heavy (non-hydrogen) atoms. The Morgan fingerprint density at radius 1 is 1.53 bits per heavy atom. The minimum Gasteiger partial charge on any atom is -1.00 e. The molecule has 0 radical (unpaired) electrons. The molecule has 1 aromatic rings. The van der Waals surface area contributed by atoms with Gasteiger partial charge in [0.2, 0.25) is 6.33 Å². The van der Waals surface area contributed by atoms with Crippen LogP contribution in [0.2, 0.25) is 0 Å². The highest BCUT2D eigenvalue weighted by Crippen LogP contribution is 1.92. The highest BCUT2D eigenvalue weighted by atomic mass is 79.9. The summed E-state index contributed by atoms with van der Waals surface area (Å²) in [6.07, 6.45) is 7.28. The predicted octanol–water partition coefficient (Wildman–Crippen LogP) is -2.34. The van der Waals surface area contributed by atoms with Gasteiger partial charge in [0.1, 0.15) is 12.4 Å². The van der Waals surface area contributed by atoms with E-state index in [4.69, 9.17) is 4.74 Å². The van der Waals surface area contributed by atoms with Crippen molar-refractivity contribution in [3.8, 4) is 0 Å². The first kappa shape index (κ1) is 14.2. The molecule has 86 valence electrons. The van der Waals surface area contributed by atoms with E-state index in [1.165, 1.54) is 0 Å². The fourth-order valence-corrected chi connectivity index (χ4v) is 1.27. The minimum atomic E-state index is -0.107. The van der Waals surface area contributed by atoms with Gasteiger partial charge in [-0.25, -0.2) is 9.13 Å². The monoisotopic (exact) mass is 276 g/mol. The Morgan fingerprint density at radius 2 is 2.27 bits per heavy atom. The summed E-state index contributed by atoms with van der Waals surface area (Å²) in [5.41, 5.74) is 0. The Kier molecular flexibility index (Phi) is 7.03. The fraction of sp³-hybridized carbons (Fsp3) is 0.600. The Hall–Kier alpha value is -0.840. The van der Waals surface area contributed by atoms with E-state index in [9.17, 15) is 4.79 Å². The molecule has 5 heteroatoms. The summed E-state index contributed by atoms with van der Waals surface area (Å²) in [6, 6.07) is 0. The maximum absolute atomic E-state index is 11.0. The van der Waals surface area contributed by atoms with Crippen LogP contribution in [0.15, 0.2) is 18.7 Å². The lowest BCUT2D eigenvalue weighted by atomic mass is 10.3. The molecule has 0 saturated carbocycles. The quantitative estimate of drug-likeness (QED) is 0.447. The molecular formula is C10H17BrN2O2. The smallest absolute Gasteiger partial charge is 0.305 e. The van der Waals surface area contributed by atoms with E-state index in [2.05, 4.69) is 4.57 Å². The molecule has 0 atom stereocenters. The average Bonchev–Trinajstić information content (AvgIpc) is 2.52. The molecule has 0 bridgehead atoms. The number of esters is 1. The van der Waals surface area contributed by atoms with Gasteiger partial charge in [-0.1, -0.05) is 0 Å². The summed E-state index contributed by atoms with van der Waals surface area (Å²) in [5.74, 6) is -0.107. The van der Waals surface area contributed by atoms with Gasteiger partial charge in [-0.05, 0) is 13.3 Å². The number of hydrogen-bond acceptors (Lipinski definition) is 2. The number of hydrogen-bond donors (Lipinski definition) is 0. The summed E-state index contributed by atoms with van der Waals surface area (Å²) in [4.78, 5) is 11.0. The molecule has 4 nitrogen and oxygen atoms in total. The van der Waals surface area contributed by atoms with Crippen LogP contribution in [0, 0.1) is 0 Å². The van der Waals surface area contributed by atoms with Gasteiger partial charge < -0.3 is 21.7 Å². The van der Waals surface area contributed by atoms with Crippen LogP contribution in [0.25, 0.3) is 0 Å². The van der Waals surface area contributed by atoms with Crippen molar-refractivity contribution in [3.63, 3.8) is 0 Å². The first-order valence-corrected chi connectivity index (χ1v) is 4.89. The van der Waals surface area contributed by atoms with Gasteiger partial charge in [-0.15, -0.1) is 0 Å². The lowest BCUT2D eigenvalue weighted by molar-refractivity contribution is -0.696. The lowest BCUT2D eigenvalue weighted by Crippen LogP contribution is -3.00. The number of rotatable bonds is 5. The largest absolute Gasteiger partial charge is 1.00 e. The van der Waals surface area contributed by atoms with Gasteiger partial charge in [-0.3, -0.25) is 4.79 Å². The third kappa shape index (κ3) is 5.57. The average molecular weight is 277 g/mol. The van der Waals surface area contributed by atoms with Crippen molar-refractivity contribution in [2.24, 2.45) is 7.05 Å². The number of halogens is 1. The van der Waals surface area contributed by atoms with E-state index >= 15 is 0 Å². The summed E-state index contributed by atoms with van der Waals surface area (Å²) in [5, 5.41) is 0. The number of carbonyl (C=O) groups excluding carboxylic acids is 1. The summed E-state index contributed by atoms with van der Waals surface area (Å²) in [7, 11) is 1.97. The zero-order valence-corrected chi connectivity index (χ0v) is 10.7. The Morgan fingerprint density at radius 3 is 2.80 bits per heavy atom. The van der Waals surface area contributed by atoms with Gasteiger partial charge in [0.15, 0.2) is 0 Å². The van der Waals surface area contributed by atoms with Gasteiger partial charge >= 0.3 is 5.97 Å². The highest BCUT2D eigenvalue weighted by molar-refractivity contribution is 5.69. The fourth-order valence-electron chi connectivity index (χ4n) is 1.27. The SMILES string of the molecule is CCOC(=O)CCC[n+]1ccn(C)c1.[Br-]. The second-order valence-electron chi connectivity index (χ2n) is 3.23. The van der Waals surface area contributed by atoms with Crippen LogP contribution in [-0.2, 0) is 23.1 Å². The van der Waals surface area contributed by atoms with Crippen LogP contribution < -0.4 is 21.5 Å². The van der Waals surface area contributed by atoms with Gasteiger partial charge in [-0.2, -0.15) is 0 Å². The summed E-state index contributed by atoms with van der Waals surface area (Å²) < 4.78 is 8.86. The standard InChI is InChI=1S/C10H17N2O2.BrH/c1-3-14-10(13)5-4-6-12-8-7-11(2)9-12;/h7-9H,3-6H2,1-2H3;1H/q+1;/p-1. The van der Waals surface area contributed by atoms with Gasteiger partial charge in [0, 0.05) is 6.42 Å². The topological polar surface area (TPSA) is 35.1 Å². The third-order valence-corrected chi connectivity index (χ3v) is 1.93. The second kappa shape index (κ2) is 7.45. The van der Waals surface area contributed by atoms with Crippen molar-refractivity contribution >= 4 is 5.97 Å². The van der Waals surface area contributed by atoms with Crippen molar-refractivity contribution < 1.29 is 31.1 Å². The lowest BCUT2D eigenvalue weighted by Gasteiger charge is -1.99. The number of aryl methyl sites for hydroxylation is 2. The van der Waals surface area contributed by atoms with Crippen molar-refractivity contribution in [1.82, 2.24) is 4.57 Å². The summed E-state index contributed by atoms with van der Waals surface area (Å²) in [6.45, 7) is 3.15. The number of aromatic nitrogens is 2. The van der Waals surface area contributed by atoms with E-state index in [0.29, 0.717) is 13.0 Å². The van der Waals surface area contributed by atoms with Crippen LogP contribution in [0.5, 0.6) is 0 Å². The molecule has 0 N–H and O–H groups in total. The van der Waals surface area contributed by atoms with E-state index in [1.54, 1.807) is 0 Å². The number of carbonyl (C=O) groups is 1. The van der Waals surface area contributed by atoms with Crippen molar-refractivity contribution in [1.29, 1.82) is 0 Å².